The van der Waals surface area contributed by atoms with Crippen molar-refractivity contribution in [3.63, 3.8) is 0 Å². The van der Waals surface area contributed by atoms with Gasteiger partial charge in [0.25, 0.3) is 0 Å². The standard InChI is InChI=1S/C14H20FNO3/c1-4-5-13(14(17)18)19-10-6-7-11(9(2)16-3)12(15)8-10/h6-9,13,16H,4-5H2,1-3H3,(H,17,18). The van der Waals surface area contributed by atoms with Gasteiger partial charge in [0, 0.05) is 17.7 Å². The van der Waals surface area contributed by atoms with Gasteiger partial charge in [-0.05, 0) is 26.5 Å². The van der Waals surface area contributed by atoms with Crippen molar-refractivity contribution in [3.05, 3.63) is 29.6 Å². The number of carboxylic acid groups (broad SMARTS) is 1. The topological polar surface area (TPSA) is 58.6 Å². The summed E-state index contributed by atoms with van der Waals surface area (Å²) >= 11 is 0. The number of nitrogens with one attached hydrogen (secondary N) is 1. The summed E-state index contributed by atoms with van der Waals surface area (Å²) in [6, 6.07) is 4.32. The van der Waals surface area contributed by atoms with Gasteiger partial charge < -0.3 is 15.2 Å². The van der Waals surface area contributed by atoms with Gasteiger partial charge in [-0.25, -0.2) is 9.18 Å². The number of carbonyl (C=O) groups is 1. The molecule has 0 aliphatic heterocycles. The third-order valence-electron chi connectivity index (χ3n) is 2.98. The van der Waals surface area contributed by atoms with Crippen LogP contribution in [0.2, 0.25) is 0 Å². The second-order valence-electron chi connectivity index (χ2n) is 4.43. The van der Waals surface area contributed by atoms with Crippen LogP contribution in [0.25, 0.3) is 0 Å². The Labute approximate surface area is 112 Å². The molecule has 0 aliphatic rings. The molecule has 0 aliphatic carbocycles. The van der Waals surface area contributed by atoms with E-state index in [9.17, 15) is 9.18 Å². The van der Waals surface area contributed by atoms with Crippen molar-refractivity contribution in [2.24, 2.45) is 0 Å². The van der Waals surface area contributed by atoms with Crippen molar-refractivity contribution in [2.75, 3.05) is 7.05 Å². The predicted octanol–water partition coefficient (Wildman–Crippen LogP) is 2.74. The van der Waals surface area contributed by atoms with E-state index < -0.39 is 17.9 Å². The molecule has 1 aromatic rings. The molecule has 0 aromatic heterocycles. The zero-order valence-corrected chi connectivity index (χ0v) is 11.4. The average Bonchev–Trinajstić information content (AvgIpc) is 2.37. The van der Waals surface area contributed by atoms with Crippen molar-refractivity contribution < 1.29 is 19.0 Å². The normalized spacial score (nSPS) is 13.9. The first kappa shape index (κ1) is 15.4. The smallest absolute Gasteiger partial charge is 0.344 e. The second kappa shape index (κ2) is 7.09. The molecule has 1 rings (SSSR count). The molecule has 0 saturated heterocycles. The van der Waals surface area contributed by atoms with E-state index in [4.69, 9.17) is 9.84 Å². The molecule has 0 bridgehead atoms. The zero-order valence-electron chi connectivity index (χ0n) is 11.4. The van der Waals surface area contributed by atoms with Crippen LogP contribution in [0.4, 0.5) is 4.39 Å². The molecule has 0 spiro atoms. The molecule has 2 N–H and O–H groups in total. The van der Waals surface area contributed by atoms with Gasteiger partial charge in [0.15, 0.2) is 6.10 Å². The lowest BCUT2D eigenvalue weighted by molar-refractivity contribution is -0.145. The van der Waals surface area contributed by atoms with E-state index in [0.717, 1.165) is 0 Å². The minimum absolute atomic E-state index is 0.111. The van der Waals surface area contributed by atoms with Gasteiger partial charge in [0.2, 0.25) is 0 Å². The lowest BCUT2D eigenvalue weighted by Gasteiger charge is -2.16. The highest BCUT2D eigenvalue weighted by molar-refractivity contribution is 5.72. The molecule has 0 amide bonds. The molecule has 106 valence electrons. The Morgan fingerprint density at radius 3 is 2.68 bits per heavy atom. The maximum absolute atomic E-state index is 13.9. The van der Waals surface area contributed by atoms with E-state index in [1.54, 1.807) is 19.2 Å². The van der Waals surface area contributed by atoms with Crippen LogP contribution < -0.4 is 10.1 Å². The van der Waals surface area contributed by atoms with Crippen molar-refractivity contribution in [1.29, 1.82) is 0 Å². The highest BCUT2D eigenvalue weighted by Crippen LogP contribution is 2.23. The summed E-state index contributed by atoms with van der Waals surface area (Å²) in [6.07, 6.45) is 0.150. The van der Waals surface area contributed by atoms with Crippen LogP contribution >= 0.6 is 0 Å². The molecule has 5 heteroatoms. The zero-order chi connectivity index (χ0) is 14.4. The Balaban J connectivity index is 2.85. The number of benzene rings is 1. The first-order valence-corrected chi connectivity index (χ1v) is 6.35. The predicted molar refractivity (Wildman–Crippen MR) is 70.8 cm³/mol. The van der Waals surface area contributed by atoms with Crippen molar-refractivity contribution >= 4 is 5.97 Å². The lowest BCUT2D eigenvalue weighted by atomic mass is 10.1. The van der Waals surface area contributed by atoms with Crippen LogP contribution in [0, 0.1) is 5.82 Å². The molecule has 2 unspecified atom stereocenters. The van der Waals surface area contributed by atoms with Crippen LogP contribution in [0.5, 0.6) is 5.75 Å². The molecule has 4 nitrogen and oxygen atoms in total. The van der Waals surface area contributed by atoms with E-state index in [1.807, 2.05) is 13.8 Å². The Morgan fingerprint density at radius 1 is 1.53 bits per heavy atom. The SMILES string of the molecule is CCCC(Oc1ccc(C(C)NC)c(F)c1)C(=O)O. The second-order valence-corrected chi connectivity index (χ2v) is 4.43. The van der Waals surface area contributed by atoms with Crippen LogP contribution in [0.15, 0.2) is 18.2 Å². The summed E-state index contributed by atoms with van der Waals surface area (Å²) in [7, 11) is 1.75. The van der Waals surface area contributed by atoms with E-state index in [1.165, 1.54) is 6.07 Å². The van der Waals surface area contributed by atoms with E-state index in [-0.39, 0.29) is 11.8 Å². The Kier molecular flexibility index (Phi) is 5.76. The average molecular weight is 269 g/mol. The van der Waals surface area contributed by atoms with Crippen LogP contribution in [-0.4, -0.2) is 24.2 Å². The first-order valence-electron chi connectivity index (χ1n) is 6.35. The Morgan fingerprint density at radius 2 is 2.21 bits per heavy atom. The number of halogens is 1. The van der Waals surface area contributed by atoms with Crippen LogP contribution in [0.1, 0.15) is 38.3 Å². The maximum Gasteiger partial charge on any atom is 0.344 e. The Hall–Kier alpha value is -1.62. The molecule has 0 radical (unpaired) electrons. The van der Waals surface area contributed by atoms with Gasteiger partial charge in [-0.3, -0.25) is 0 Å². The summed E-state index contributed by atoms with van der Waals surface area (Å²) in [6.45, 7) is 3.72. The van der Waals surface area contributed by atoms with Gasteiger partial charge >= 0.3 is 5.97 Å². The lowest BCUT2D eigenvalue weighted by Crippen LogP contribution is -2.26. The summed E-state index contributed by atoms with van der Waals surface area (Å²) in [5.74, 6) is -1.19. The minimum Gasteiger partial charge on any atom is -0.479 e. The fourth-order valence-electron chi connectivity index (χ4n) is 1.75. The number of hydrogen-bond acceptors (Lipinski definition) is 3. The molecule has 0 heterocycles. The van der Waals surface area contributed by atoms with Gasteiger partial charge in [0.1, 0.15) is 11.6 Å². The number of aliphatic carboxylic acids is 1. The molecule has 1 aromatic carbocycles. The van der Waals surface area contributed by atoms with Crippen molar-refractivity contribution in [1.82, 2.24) is 5.32 Å². The highest BCUT2D eigenvalue weighted by atomic mass is 19.1. The number of hydrogen-bond donors (Lipinski definition) is 2. The molecule has 2 atom stereocenters. The molecule has 0 fully saturated rings. The summed E-state index contributed by atoms with van der Waals surface area (Å²) in [4.78, 5) is 11.0. The molecule has 19 heavy (non-hydrogen) atoms. The maximum atomic E-state index is 13.9. The van der Waals surface area contributed by atoms with Gasteiger partial charge in [-0.2, -0.15) is 0 Å². The fourth-order valence-corrected chi connectivity index (χ4v) is 1.75. The van der Waals surface area contributed by atoms with Gasteiger partial charge in [0.05, 0.1) is 0 Å². The molecular weight excluding hydrogens is 249 g/mol. The molecule has 0 saturated carbocycles. The van der Waals surface area contributed by atoms with E-state index in [2.05, 4.69) is 5.32 Å². The van der Waals surface area contributed by atoms with Gasteiger partial charge in [-0.15, -0.1) is 0 Å². The monoisotopic (exact) mass is 269 g/mol. The van der Waals surface area contributed by atoms with E-state index in [0.29, 0.717) is 18.4 Å². The largest absolute Gasteiger partial charge is 0.479 e. The summed E-state index contributed by atoms with van der Waals surface area (Å²) < 4.78 is 19.2. The van der Waals surface area contributed by atoms with Crippen LogP contribution in [-0.2, 0) is 4.79 Å². The third kappa shape index (κ3) is 4.21. The van der Waals surface area contributed by atoms with E-state index >= 15 is 0 Å². The fraction of sp³-hybridized carbons (Fsp3) is 0.500. The van der Waals surface area contributed by atoms with Crippen LogP contribution in [0.3, 0.4) is 0 Å². The number of ether oxygens (including phenoxy) is 1. The Bertz CT molecular complexity index is 437. The minimum atomic E-state index is -1.03. The van der Waals surface area contributed by atoms with Crippen molar-refractivity contribution in [2.45, 2.75) is 38.8 Å². The van der Waals surface area contributed by atoms with Crippen molar-refractivity contribution in [3.8, 4) is 5.75 Å². The summed E-state index contributed by atoms with van der Waals surface area (Å²) in [5.41, 5.74) is 0.525. The number of rotatable bonds is 7. The highest BCUT2D eigenvalue weighted by Gasteiger charge is 2.19. The summed E-state index contributed by atoms with van der Waals surface area (Å²) in [5, 5.41) is 11.9. The quantitative estimate of drug-likeness (QED) is 0.799. The molecular formula is C14H20FNO3. The number of carboxylic acids is 1. The third-order valence-corrected chi connectivity index (χ3v) is 2.98. The first-order chi connectivity index (χ1) is 8.99. The van der Waals surface area contributed by atoms with Gasteiger partial charge in [-0.1, -0.05) is 19.4 Å².